The molecule has 25 heavy (non-hydrogen) atoms. The van der Waals surface area contributed by atoms with Gasteiger partial charge in [0, 0.05) is 29.3 Å². The van der Waals surface area contributed by atoms with Crippen molar-refractivity contribution in [3.63, 3.8) is 0 Å². The van der Waals surface area contributed by atoms with Crippen molar-refractivity contribution in [1.82, 2.24) is 9.78 Å². The van der Waals surface area contributed by atoms with Crippen LogP contribution >= 0.6 is 0 Å². The minimum Gasteiger partial charge on any atom is -0.376 e. The Bertz CT molecular complexity index is 814. The molecule has 2 heterocycles. The van der Waals surface area contributed by atoms with E-state index >= 15 is 0 Å². The Kier molecular flexibility index (Phi) is 4.63. The molecule has 1 aromatic carbocycles. The van der Waals surface area contributed by atoms with E-state index in [1.54, 1.807) is 0 Å². The number of benzene rings is 1. The van der Waals surface area contributed by atoms with Crippen LogP contribution in [-0.4, -0.2) is 22.5 Å². The van der Waals surface area contributed by atoms with Crippen molar-refractivity contribution in [2.45, 2.75) is 58.6 Å². The van der Waals surface area contributed by atoms with E-state index in [4.69, 9.17) is 4.74 Å². The van der Waals surface area contributed by atoms with Crippen LogP contribution in [0.15, 0.2) is 24.4 Å². The van der Waals surface area contributed by atoms with Gasteiger partial charge >= 0.3 is 0 Å². The lowest BCUT2D eigenvalue weighted by molar-refractivity contribution is 0.00366. The number of nitrogens with zero attached hydrogens (tertiary/aromatic N) is 2. The van der Waals surface area contributed by atoms with Crippen LogP contribution in [0.3, 0.4) is 0 Å². The summed E-state index contributed by atoms with van der Waals surface area (Å²) in [5.41, 5.74) is 6.07. The highest BCUT2D eigenvalue weighted by molar-refractivity contribution is 5.69. The highest BCUT2D eigenvalue weighted by atomic mass is 16.5. The zero-order chi connectivity index (χ0) is 17.2. The number of aromatic nitrogens is 2. The Hall–Kier alpha value is -2.05. The Morgan fingerprint density at radius 1 is 1.16 bits per heavy atom. The van der Waals surface area contributed by atoms with E-state index < -0.39 is 0 Å². The monoisotopic (exact) mass is 334 g/mol. The standard InChI is InChI=1S/C22H26N2O/c1-16-13-19(9-8-18-6-7-18)10-11-21(16)22-14-23-24(17(22)2)15-20-5-3-4-12-25-20/h10-11,13-14,18,20H,3-7,12,15H2,1-2H3. The molecule has 2 fully saturated rings. The summed E-state index contributed by atoms with van der Waals surface area (Å²) in [5, 5.41) is 4.63. The second-order valence-corrected chi connectivity index (χ2v) is 7.39. The summed E-state index contributed by atoms with van der Waals surface area (Å²) in [6, 6.07) is 6.53. The fourth-order valence-electron chi connectivity index (χ4n) is 3.50. The first kappa shape index (κ1) is 16.4. The van der Waals surface area contributed by atoms with Crippen molar-refractivity contribution in [2.75, 3.05) is 6.61 Å². The molecule has 2 aliphatic rings. The predicted octanol–water partition coefficient (Wildman–Crippen LogP) is 4.50. The maximum absolute atomic E-state index is 5.87. The van der Waals surface area contributed by atoms with Gasteiger partial charge in [0.15, 0.2) is 0 Å². The Morgan fingerprint density at radius 3 is 2.76 bits per heavy atom. The van der Waals surface area contributed by atoms with Crippen LogP contribution in [0.5, 0.6) is 0 Å². The fourth-order valence-corrected chi connectivity index (χ4v) is 3.50. The van der Waals surface area contributed by atoms with Crippen molar-refractivity contribution < 1.29 is 4.74 Å². The molecule has 0 N–H and O–H groups in total. The van der Waals surface area contributed by atoms with Crippen LogP contribution in [0.25, 0.3) is 11.1 Å². The van der Waals surface area contributed by atoms with Crippen LogP contribution in [0.1, 0.15) is 48.9 Å². The van der Waals surface area contributed by atoms with Crippen LogP contribution in [-0.2, 0) is 11.3 Å². The normalized spacial score (nSPS) is 20.2. The van der Waals surface area contributed by atoms with Crippen molar-refractivity contribution in [3.8, 4) is 23.0 Å². The molecule has 0 radical (unpaired) electrons. The van der Waals surface area contributed by atoms with Crippen molar-refractivity contribution in [2.24, 2.45) is 5.92 Å². The Labute approximate surface area is 150 Å². The number of hydrogen-bond acceptors (Lipinski definition) is 2. The molecule has 1 atom stereocenters. The molecule has 0 spiro atoms. The van der Waals surface area contributed by atoms with Gasteiger partial charge in [-0.15, -0.1) is 0 Å². The highest BCUT2D eigenvalue weighted by Crippen LogP contribution is 2.29. The molecule has 1 saturated heterocycles. The van der Waals surface area contributed by atoms with Gasteiger partial charge in [0.05, 0.1) is 18.8 Å². The molecule has 2 aromatic rings. The molecule has 1 saturated carbocycles. The molecule has 3 heteroatoms. The van der Waals surface area contributed by atoms with Crippen LogP contribution in [0.2, 0.25) is 0 Å². The summed E-state index contributed by atoms with van der Waals surface area (Å²) in [7, 11) is 0. The summed E-state index contributed by atoms with van der Waals surface area (Å²) in [4.78, 5) is 0. The van der Waals surface area contributed by atoms with E-state index in [9.17, 15) is 0 Å². The average molecular weight is 334 g/mol. The first-order chi connectivity index (χ1) is 12.2. The van der Waals surface area contributed by atoms with Gasteiger partial charge in [-0.1, -0.05) is 17.9 Å². The summed E-state index contributed by atoms with van der Waals surface area (Å²) >= 11 is 0. The minimum absolute atomic E-state index is 0.307. The molecule has 0 amide bonds. The summed E-state index contributed by atoms with van der Waals surface area (Å²) in [6.45, 7) is 6.07. The molecule has 3 nitrogen and oxygen atoms in total. The third-order valence-electron chi connectivity index (χ3n) is 5.27. The van der Waals surface area contributed by atoms with Gasteiger partial charge in [-0.25, -0.2) is 0 Å². The van der Waals surface area contributed by atoms with Crippen molar-refractivity contribution >= 4 is 0 Å². The van der Waals surface area contributed by atoms with Crippen molar-refractivity contribution in [3.05, 3.63) is 41.2 Å². The SMILES string of the molecule is Cc1cc(C#CC2CC2)ccc1-c1cnn(CC2CCCCO2)c1C. The molecule has 130 valence electrons. The van der Waals surface area contributed by atoms with Gasteiger partial charge < -0.3 is 4.74 Å². The first-order valence-corrected chi connectivity index (χ1v) is 9.47. The first-order valence-electron chi connectivity index (χ1n) is 9.47. The zero-order valence-corrected chi connectivity index (χ0v) is 15.2. The van der Waals surface area contributed by atoms with Gasteiger partial charge in [0.1, 0.15) is 0 Å². The third-order valence-corrected chi connectivity index (χ3v) is 5.27. The quantitative estimate of drug-likeness (QED) is 0.773. The summed E-state index contributed by atoms with van der Waals surface area (Å²) in [5.74, 6) is 7.29. The van der Waals surface area contributed by atoms with E-state index in [2.05, 4.69) is 53.7 Å². The van der Waals surface area contributed by atoms with E-state index in [1.165, 1.54) is 48.1 Å². The maximum Gasteiger partial charge on any atom is 0.0771 e. The lowest BCUT2D eigenvalue weighted by atomic mass is 9.99. The highest BCUT2D eigenvalue weighted by Gasteiger charge is 2.19. The predicted molar refractivity (Wildman–Crippen MR) is 100 cm³/mol. The van der Waals surface area contributed by atoms with E-state index in [-0.39, 0.29) is 0 Å². The third kappa shape index (κ3) is 3.80. The Balaban J connectivity index is 1.54. The lowest BCUT2D eigenvalue weighted by Gasteiger charge is -2.23. The van der Waals surface area contributed by atoms with Gasteiger partial charge in [0.25, 0.3) is 0 Å². The summed E-state index contributed by atoms with van der Waals surface area (Å²) < 4.78 is 7.97. The van der Waals surface area contributed by atoms with Crippen LogP contribution < -0.4 is 0 Å². The number of aryl methyl sites for hydroxylation is 1. The molecule has 1 aromatic heterocycles. The second kappa shape index (κ2) is 7.06. The molecular formula is C22H26N2O. The molecule has 4 rings (SSSR count). The maximum atomic E-state index is 5.87. The van der Waals surface area contributed by atoms with Crippen LogP contribution in [0, 0.1) is 31.6 Å². The second-order valence-electron chi connectivity index (χ2n) is 7.39. The van der Waals surface area contributed by atoms with E-state index in [0.29, 0.717) is 12.0 Å². The fraction of sp³-hybridized carbons (Fsp3) is 0.500. The zero-order valence-electron chi connectivity index (χ0n) is 15.2. The smallest absolute Gasteiger partial charge is 0.0771 e. The van der Waals surface area contributed by atoms with E-state index in [0.717, 1.165) is 25.1 Å². The average Bonchev–Trinajstić information content (AvgIpc) is 3.39. The molecule has 1 aliphatic carbocycles. The topological polar surface area (TPSA) is 27.1 Å². The van der Waals surface area contributed by atoms with Crippen LogP contribution in [0.4, 0.5) is 0 Å². The lowest BCUT2D eigenvalue weighted by Crippen LogP contribution is -2.25. The van der Waals surface area contributed by atoms with Crippen molar-refractivity contribution in [1.29, 1.82) is 0 Å². The van der Waals surface area contributed by atoms with Gasteiger partial charge in [-0.05, 0) is 69.2 Å². The van der Waals surface area contributed by atoms with Gasteiger partial charge in [0.2, 0.25) is 0 Å². The van der Waals surface area contributed by atoms with Gasteiger partial charge in [-0.2, -0.15) is 5.10 Å². The van der Waals surface area contributed by atoms with E-state index in [1.807, 2.05) is 6.20 Å². The molecule has 1 aliphatic heterocycles. The Morgan fingerprint density at radius 2 is 2.04 bits per heavy atom. The number of hydrogen-bond donors (Lipinski definition) is 0. The molecular weight excluding hydrogens is 308 g/mol. The molecule has 1 unspecified atom stereocenters. The van der Waals surface area contributed by atoms with Gasteiger partial charge in [-0.3, -0.25) is 4.68 Å². The minimum atomic E-state index is 0.307. The number of rotatable bonds is 3. The largest absolute Gasteiger partial charge is 0.376 e. The summed E-state index contributed by atoms with van der Waals surface area (Å²) in [6.07, 6.45) is 8.44. The number of ether oxygens (including phenoxy) is 1. The molecule has 0 bridgehead atoms.